The van der Waals surface area contributed by atoms with Crippen molar-refractivity contribution in [3.63, 3.8) is 0 Å². The Bertz CT molecular complexity index is 1050. The lowest BCUT2D eigenvalue weighted by Gasteiger charge is -2.26. The molecule has 6 nitrogen and oxygen atoms in total. The van der Waals surface area contributed by atoms with E-state index in [0.29, 0.717) is 23.8 Å². The van der Waals surface area contributed by atoms with E-state index in [2.05, 4.69) is 29.4 Å². The van der Waals surface area contributed by atoms with Gasteiger partial charge in [0, 0.05) is 37.5 Å². The number of pyridine rings is 2. The van der Waals surface area contributed by atoms with Crippen LogP contribution >= 0.6 is 12.2 Å². The van der Waals surface area contributed by atoms with Crippen molar-refractivity contribution in [2.75, 3.05) is 27.2 Å². The number of H-pyrrole nitrogens is 1. The number of aromatic nitrogens is 2. The molecule has 0 spiro atoms. The molecule has 7 heteroatoms. The number of fused-ring (bicyclic) bond motifs is 1. The standard InChI is InChI=1S/C23H29N5OS/c1-17-7-4-9-19-13-20(22(29)26-21(17)19)16-28(15-18-8-5-10-24-14-18)23(30)25-11-6-12-27(2)3/h4-5,7-10,13-14H,6,11-12,15-16H2,1-3H3,(H,25,30)(H,26,29)/p+1. The van der Waals surface area contributed by atoms with Crippen LogP contribution in [0.1, 0.15) is 23.1 Å². The molecule has 0 bridgehead atoms. The topological polar surface area (TPSA) is 65.5 Å². The van der Waals surface area contributed by atoms with Gasteiger partial charge in [0.25, 0.3) is 5.56 Å². The normalized spacial score (nSPS) is 11.1. The molecule has 0 fully saturated rings. The Labute approximate surface area is 182 Å². The van der Waals surface area contributed by atoms with Crippen molar-refractivity contribution in [1.82, 2.24) is 20.2 Å². The lowest BCUT2D eigenvalue weighted by Crippen LogP contribution is -3.05. The minimum Gasteiger partial charge on any atom is -0.362 e. The largest absolute Gasteiger partial charge is 0.362 e. The molecule has 158 valence electrons. The second kappa shape index (κ2) is 10.3. The number of nitrogens with zero attached hydrogens (tertiary/aromatic N) is 2. The minimum atomic E-state index is -0.0769. The average Bonchev–Trinajstić information content (AvgIpc) is 2.72. The van der Waals surface area contributed by atoms with Gasteiger partial charge in [0.05, 0.1) is 32.7 Å². The quantitative estimate of drug-likeness (QED) is 0.379. The Balaban J connectivity index is 1.81. The predicted molar refractivity (Wildman–Crippen MR) is 126 cm³/mol. The summed E-state index contributed by atoms with van der Waals surface area (Å²) in [6.45, 7) is 4.90. The zero-order valence-corrected chi connectivity index (χ0v) is 18.7. The van der Waals surface area contributed by atoms with Crippen molar-refractivity contribution >= 4 is 28.2 Å². The summed E-state index contributed by atoms with van der Waals surface area (Å²) in [5.74, 6) is 0. The molecule has 3 N–H and O–H groups in total. The maximum atomic E-state index is 12.8. The van der Waals surface area contributed by atoms with E-state index in [1.165, 1.54) is 4.90 Å². The number of quaternary nitrogens is 1. The second-order valence-electron chi connectivity index (χ2n) is 7.92. The molecule has 0 aliphatic heterocycles. The van der Waals surface area contributed by atoms with Crippen LogP contribution in [0.3, 0.4) is 0 Å². The van der Waals surface area contributed by atoms with Gasteiger partial charge in [0.15, 0.2) is 5.11 Å². The summed E-state index contributed by atoms with van der Waals surface area (Å²) in [7, 11) is 4.28. The number of para-hydroxylation sites is 1. The van der Waals surface area contributed by atoms with Gasteiger partial charge < -0.3 is 20.1 Å². The summed E-state index contributed by atoms with van der Waals surface area (Å²) in [5.41, 5.74) is 3.61. The van der Waals surface area contributed by atoms with Crippen molar-refractivity contribution in [3.05, 3.63) is 75.8 Å². The van der Waals surface area contributed by atoms with Crippen LogP contribution in [-0.2, 0) is 13.1 Å². The Morgan fingerprint density at radius 3 is 2.80 bits per heavy atom. The summed E-state index contributed by atoms with van der Waals surface area (Å²) in [6.07, 6.45) is 4.61. The summed E-state index contributed by atoms with van der Waals surface area (Å²) >= 11 is 5.69. The summed E-state index contributed by atoms with van der Waals surface area (Å²) < 4.78 is 0. The Morgan fingerprint density at radius 2 is 2.07 bits per heavy atom. The third-order valence-electron chi connectivity index (χ3n) is 5.04. The van der Waals surface area contributed by atoms with E-state index in [0.717, 1.165) is 41.5 Å². The maximum Gasteiger partial charge on any atom is 0.253 e. The molecule has 2 aromatic heterocycles. The van der Waals surface area contributed by atoms with E-state index in [1.807, 2.05) is 54.4 Å². The maximum absolute atomic E-state index is 12.8. The Kier molecular flexibility index (Phi) is 7.54. The molecule has 0 radical (unpaired) electrons. The molecule has 3 aromatic rings. The van der Waals surface area contributed by atoms with Gasteiger partial charge in [-0.1, -0.05) is 24.3 Å². The highest BCUT2D eigenvalue weighted by Gasteiger charge is 2.14. The molecule has 3 rings (SSSR count). The van der Waals surface area contributed by atoms with E-state index >= 15 is 0 Å². The minimum absolute atomic E-state index is 0.0769. The first-order chi connectivity index (χ1) is 14.4. The van der Waals surface area contributed by atoms with Crippen molar-refractivity contribution in [2.24, 2.45) is 0 Å². The number of nitrogens with one attached hydrogen (secondary N) is 3. The molecule has 0 atom stereocenters. The van der Waals surface area contributed by atoms with Gasteiger partial charge in [-0.2, -0.15) is 0 Å². The van der Waals surface area contributed by atoms with E-state index in [4.69, 9.17) is 12.2 Å². The fraction of sp³-hybridized carbons (Fsp3) is 0.348. The molecular formula is C23H30N5OS+. The molecular weight excluding hydrogens is 394 g/mol. The molecule has 1 aromatic carbocycles. The van der Waals surface area contributed by atoms with Crippen LogP contribution in [0.4, 0.5) is 0 Å². The first kappa shape index (κ1) is 21.9. The van der Waals surface area contributed by atoms with Gasteiger partial charge in [-0.15, -0.1) is 0 Å². The van der Waals surface area contributed by atoms with Crippen LogP contribution in [0.2, 0.25) is 0 Å². The van der Waals surface area contributed by atoms with Crippen LogP contribution in [0.5, 0.6) is 0 Å². The van der Waals surface area contributed by atoms with Gasteiger partial charge in [0.2, 0.25) is 0 Å². The molecule has 0 saturated heterocycles. The predicted octanol–water partition coefficient (Wildman–Crippen LogP) is 1.64. The number of hydrogen-bond donors (Lipinski definition) is 3. The van der Waals surface area contributed by atoms with E-state index in [-0.39, 0.29) is 5.56 Å². The van der Waals surface area contributed by atoms with E-state index < -0.39 is 0 Å². The molecule has 0 aliphatic carbocycles. The van der Waals surface area contributed by atoms with Crippen molar-refractivity contribution in [1.29, 1.82) is 0 Å². The number of rotatable bonds is 8. The first-order valence-electron chi connectivity index (χ1n) is 10.3. The number of hydrogen-bond acceptors (Lipinski definition) is 3. The average molecular weight is 425 g/mol. The van der Waals surface area contributed by atoms with Crippen molar-refractivity contribution in [3.8, 4) is 0 Å². The van der Waals surface area contributed by atoms with Crippen LogP contribution in [-0.4, -0.2) is 47.2 Å². The second-order valence-corrected chi connectivity index (χ2v) is 8.31. The van der Waals surface area contributed by atoms with E-state index in [1.54, 1.807) is 6.20 Å². The molecule has 30 heavy (non-hydrogen) atoms. The van der Waals surface area contributed by atoms with Crippen LogP contribution < -0.4 is 15.8 Å². The summed E-state index contributed by atoms with van der Waals surface area (Å²) in [6, 6.07) is 11.9. The van der Waals surface area contributed by atoms with Gasteiger partial charge in [-0.3, -0.25) is 9.78 Å². The van der Waals surface area contributed by atoms with Crippen molar-refractivity contribution in [2.45, 2.75) is 26.4 Å². The van der Waals surface area contributed by atoms with Gasteiger partial charge >= 0.3 is 0 Å². The summed E-state index contributed by atoms with van der Waals surface area (Å²) in [5, 5.41) is 5.03. The smallest absolute Gasteiger partial charge is 0.253 e. The number of benzene rings is 1. The Morgan fingerprint density at radius 1 is 1.23 bits per heavy atom. The SMILES string of the molecule is Cc1cccc2cc(CN(Cc3cccnc3)C(=S)NCCC[NH+](C)C)c(=O)[nH]c12. The third-order valence-corrected chi connectivity index (χ3v) is 5.44. The van der Waals surface area contributed by atoms with Crippen LogP contribution in [0.15, 0.2) is 53.6 Å². The monoisotopic (exact) mass is 424 g/mol. The highest BCUT2D eigenvalue weighted by atomic mass is 32.1. The zero-order chi connectivity index (χ0) is 21.5. The number of thiocarbonyl (C=S) groups is 1. The first-order valence-corrected chi connectivity index (χ1v) is 10.7. The summed E-state index contributed by atoms with van der Waals surface area (Å²) in [4.78, 5) is 23.5. The fourth-order valence-corrected chi connectivity index (χ4v) is 3.64. The lowest BCUT2D eigenvalue weighted by molar-refractivity contribution is -0.858. The van der Waals surface area contributed by atoms with Gasteiger partial charge in [-0.05, 0) is 47.8 Å². The molecule has 0 aliphatic rings. The zero-order valence-electron chi connectivity index (χ0n) is 17.9. The van der Waals surface area contributed by atoms with Crippen LogP contribution in [0, 0.1) is 6.92 Å². The lowest BCUT2D eigenvalue weighted by atomic mass is 10.1. The molecule has 0 unspecified atom stereocenters. The van der Waals surface area contributed by atoms with Crippen molar-refractivity contribution < 1.29 is 4.90 Å². The van der Waals surface area contributed by atoms with Gasteiger partial charge in [-0.25, -0.2) is 0 Å². The van der Waals surface area contributed by atoms with E-state index in [9.17, 15) is 4.79 Å². The highest BCUT2D eigenvalue weighted by molar-refractivity contribution is 7.80. The fourth-order valence-electron chi connectivity index (χ4n) is 3.41. The third kappa shape index (κ3) is 5.87. The molecule has 0 amide bonds. The molecule has 0 saturated carbocycles. The highest BCUT2D eigenvalue weighted by Crippen LogP contribution is 2.16. The van der Waals surface area contributed by atoms with Gasteiger partial charge in [0.1, 0.15) is 0 Å². The number of aromatic amines is 1. The molecule has 2 heterocycles. The number of aryl methyl sites for hydroxylation is 1. The Hall–Kier alpha value is -2.77. The van der Waals surface area contributed by atoms with Crippen LogP contribution in [0.25, 0.3) is 10.9 Å².